The zero-order valence-electron chi connectivity index (χ0n) is 9.87. The van der Waals surface area contributed by atoms with Crippen molar-refractivity contribution in [2.24, 2.45) is 0 Å². The van der Waals surface area contributed by atoms with Crippen molar-refractivity contribution in [1.82, 2.24) is 10.6 Å². The number of carbonyl (C=O) groups is 1. The van der Waals surface area contributed by atoms with Crippen LogP contribution in [0.5, 0.6) is 0 Å². The third-order valence-electron chi connectivity index (χ3n) is 2.88. The third kappa shape index (κ3) is 4.13. The van der Waals surface area contributed by atoms with Crippen molar-refractivity contribution in [3.05, 3.63) is 34.3 Å². The first-order valence-corrected chi connectivity index (χ1v) is 6.72. The van der Waals surface area contributed by atoms with E-state index in [4.69, 9.17) is 0 Å². The monoisotopic (exact) mass is 296 g/mol. The number of rotatable bonds is 5. The molecule has 0 aliphatic heterocycles. The van der Waals surface area contributed by atoms with E-state index in [0.717, 1.165) is 17.3 Å². The topological polar surface area (TPSA) is 41.1 Å². The quantitative estimate of drug-likeness (QED) is 0.876. The second-order valence-corrected chi connectivity index (χ2v) is 5.41. The van der Waals surface area contributed by atoms with Gasteiger partial charge in [0.25, 0.3) is 0 Å². The first-order valence-electron chi connectivity index (χ1n) is 5.93. The Morgan fingerprint density at radius 3 is 2.65 bits per heavy atom. The smallest absolute Gasteiger partial charge is 0.234 e. The van der Waals surface area contributed by atoms with E-state index in [-0.39, 0.29) is 11.9 Å². The molecule has 1 amide bonds. The lowest BCUT2D eigenvalue weighted by Gasteiger charge is -2.14. The molecule has 0 saturated heterocycles. The summed E-state index contributed by atoms with van der Waals surface area (Å²) in [7, 11) is 0. The van der Waals surface area contributed by atoms with Gasteiger partial charge in [-0.05, 0) is 37.5 Å². The Kier molecular flexibility index (Phi) is 4.18. The van der Waals surface area contributed by atoms with Crippen molar-refractivity contribution in [2.75, 3.05) is 6.54 Å². The van der Waals surface area contributed by atoms with Crippen LogP contribution in [0.1, 0.15) is 31.4 Å². The highest BCUT2D eigenvalue weighted by Gasteiger charge is 2.23. The molecular formula is C13H17BrN2O. The number of amides is 1. The van der Waals surface area contributed by atoms with Gasteiger partial charge in [-0.15, -0.1) is 0 Å². The maximum atomic E-state index is 11.5. The zero-order chi connectivity index (χ0) is 12.3. The fourth-order valence-electron chi connectivity index (χ4n) is 1.62. The summed E-state index contributed by atoms with van der Waals surface area (Å²) in [6.07, 6.45) is 2.27. The number of hydrogen-bond donors (Lipinski definition) is 2. The van der Waals surface area contributed by atoms with E-state index in [1.807, 2.05) is 12.1 Å². The maximum absolute atomic E-state index is 11.5. The number of carbonyl (C=O) groups excluding carboxylic acids is 1. The number of benzene rings is 1. The van der Waals surface area contributed by atoms with Crippen LogP contribution in [0.3, 0.4) is 0 Å². The summed E-state index contributed by atoms with van der Waals surface area (Å²) in [5.74, 6) is 0.0939. The minimum atomic E-state index is 0.0939. The largest absolute Gasteiger partial charge is 0.352 e. The Morgan fingerprint density at radius 2 is 2.06 bits per heavy atom. The maximum Gasteiger partial charge on any atom is 0.234 e. The van der Waals surface area contributed by atoms with Gasteiger partial charge in [0.1, 0.15) is 0 Å². The van der Waals surface area contributed by atoms with E-state index in [2.05, 4.69) is 45.6 Å². The summed E-state index contributed by atoms with van der Waals surface area (Å²) in [5.41, 5.74) is 1.19. The Balaban J connectivity index is 1.77. The highest BCUT2D eigenvalue weighted by atomic mass is 79.9. The van der Waals surface area contributed by atoms with Crippen LogP contribution in [-0.4, -0.2) is 18.5 Å². The van der Waals surface area contributed by atoms with Crippen LogP contribution in [0, 0.1) is 0 Å². The fraction of sp³-hybridized carbons (Fsp3) is 0.462. The van der Waals surface area contributed by atoms with E-state index < -0.39 is 0 Å². The molecule has 0 bridgehead atoms. The first-order chi connectivity index (χ1) is 8.15. The summed E-state index contributed by atoms with van der Waals surface area (Å²) >= 11 is 3.41. The van der Waals surface area contributed by atoms with Crippen LogP contribution < -0.4 is 10.6 Å². The van der Waals surface area contributed by atoms with Gasteiger partial charge in [0.05, 0.1) is 6.54 Å². The third-order valence-corrected chi connectivity index (χ3v) is 3.41. The molecule has 1 saturated carbocycles. The van der Waals surface area contributed by atoms with Crippen LogP contribution in [-0.2, 0) is 4.79 Å². The lowest BCUT2D eigenvalue weighted by molar-refractivity contribution is -0.120. The van der Waals surface area contributed by atoms with Crippen molar-refractivity contribution in [3.8, 4) is 0 Å². The molecule has 1 fully saturated rings. The molecule has 0 aromatic heterocycles. The number of halogens is 1. The van der Waals surface area contributed by atoms with E-state index in [1.54, 1.807) is 0 Å². The first kappa shape index (κ1) is 12.6. The number of nitrogens with one attached hydrogen (secondary N) is 2. The van der Waals surface area contributed by atoms with Crippen LogP contribution in [0.4, 0.5) is 0 Å². The van der Waals surface area contributed by atoms with Crippen molar-refractivity contribution in [1.29, 1.82) is 0 Å². The minimum Gasteiger partial charge on any atom is -0.352 e. The fourth-order valence-corrected chi connectivity index (χ4v) is 1.89. The molecule has 1 aromatic carbocycles. The van der Waals surface area contributed by atoms with Crippen molar-refractivity contribution < 1.29 is 4.79 Å². The molecule has 3 nitrogen and oxygen atoms in total. The van der Waals surface area contributed by atoms with Crippen molar-refractivity contribution >= 4 is 21.8 Å². The van der Waals surface area contributed by atoms with Gasteiger partial charge in [-0.25, -0.2) is 0 Å². The van der Waals surface area contributed by atoms with Gasteiger partial charge >= 0.3 is 0 Å². The highest BCUT2D eigenvalue weighted by molar-refractivity contribution is 9.10. The molecule has 1 aliphatic rings. The summed E-state index contributed by atoms with van der Waals surface area (Å²) in [6.45, 7) is 2.45. The molecule has 1 aromatic rings. The molecule has 4 heteroatoms. The normalized spacial score (nSPS) is 16.6. The van der Waals surface area contributed by atoms with Gasteiger partial charge in [-0.3, -0.25) is 4.79 Å². The van der Waals surface area contributed by atoms with E-state index >= 15 is 0 Å². The van der Waals surface area contributed by atoms with E-state index in [0.29, 0.717) is 12.6 Å². The zero-order valence-corrected chi connectivity index (χ0v) is 11.5. The van der Waals surface area contributed by atoms with Gasteiger partial charge in [0, 0.05) is 16.6 Å². The summed E-state index contributed by atoms with van der Waals surface area (Å²) in [6, 6.07) is 8.76. The van der Waals surface area contributed by atoms with Gasteiger partial charge in [0.2, 0.25) is 5.91 Å². The van der Waals surface area contributed by atoms with E-state index in [9.17, 15) is 4.79 Å². The summed E-state index contributed by atoms with van der Waals surface area (Å²) < 4.78 is 1.07. The highest BCUT2D eigenvalue weighted by Crippen LogP contribution is 2.18. The molecular weight excluding hydrogens is 280 g/mol. The minimum absolute atomic E-state index is 0.0939. The van der Waals surface area contributed by atoms with Gasteiger partial charge in [-0.2, -0.15) is 0 Å². The molecule has 1 atom stereocenters. The lowest BCUT2D eigenvalue weighted by Crippen LogP contribution is -2.36. The predicted molar refractivity (Wildman–Crippen MR) is 71.7 cm³/mol. The van der Waals surface area contributed by atoms with Gasteiger partial charge in [0.15, 0.2) is 0 Å². The average Bonchev–Trinajstić information content (AvgIpc) is 3.11. The molecule has 1 aliphatic carbocycles. The molecule has 2 N–H and O–H groups in total. The number of hydrogen-bond acceptors (Lipinski definition) is 2. The molecule has 0 radical (unpaired) electrons. The molecule has 92 valence electrons. The molecule has 17 heavy (non-hydrogen) atoms. The Morgan fingerprint density at radius 1 is 1.41 bits per heavy atom. The van der Waals surface area contributed by atoms with Crippen LogP contribution >= 0.6 is 15.9 Å². The average molecular weight is 297 g/mol. The second kappa shape index (κ2) is 5.65. The summed E-state index contributed by atoms with van der Waals surface area (Å²) in [5, 5.41) is 6.18. The lowest BCUT2D eigenvalue weighted by atomic mass is 10.1. The summed E-state index contributed by atoms with van der Waals surface area (Å²) in [4.78, 5) is 11.5. The molecule has 2 rings (SSSR count). The SMILES string of the molecule is C[C@@H](NCC(=O)NC1CC1)c1ccc(Br)cc1. The van der Waals surface area contributed by atoms with Crippen LogP contribution in [0.15, 0.2) is 28.7 Å². The van der Waals surface area contributed by atoms with Crippen LogP contribution in [0.25, 0.3) is 0 Å². The predicted octanol–water partition coefficient (Wildman–Crippen LogP) is 2.38. The second-order valence-electron chi connectivity index (χ2n) is 4.50. The Hall–Kier alpha value is -0.870. The molecule has 0 heterocycles. The van der Waals surface area contributed by atoms with E-state index in [1.165, 1.54) is 5.56 Å². The van der Waals surface area contributed by atoms with Gasteiger partial charge in [-0.1, -0.05) is 28.1 Å². The van der Waals surface area contributed by atoms with Gasteiger partial charge < -0.3 is 10.6 Å². The molecule has 0 unspecified atom stereocenters. The Labute approximate surface area is 110 Å². The van der Waals surface area contributed by atoms with Crippen molar-refractivity contribution in [2.45, 2.75) is 31.8 Å². The van der Waals surface area contributed by atoms with Crippen LogP contribution in [0.2, 0.25) is 0 Å². The van der Waals surface area contributed by atoms with Crippen molar-refractivity contribution in [3.63, 3.8) is 0 Å². The molecule has 0 spiro atoms. The standard InChI is InChI=1S/C13H17BrN2O/c1-9(10-2-4-11(14)5-3-10)15-8-13(17)16-12-6-7-12/h2-5,9,12,15H,6-8H2,1H3,(H,16,17)/t9-/m1/s1. The Bertz CT molecular complexity index is 387.